The molecule has 2 fully saturated rings. The molecule has 1 aromatic rings. The van der Waals surface area contributed by atoms with Crippen molar-refractivity contribution in [1.29, 1.82) is 0 Å². The highest BCUT2D eigenvalue weighted by Gasteiger charge is 2.44. The van der Waals surface area contributed by atoms with E-state index < -0.39 is 12.0 Å². The number of thioether (sulfide) groups is 1. The number of hydrogen-bond donors (Lipinski definition) is 0. The van der Waals surface area contributed by atoms with Crippen LogP contribution in [-0.4, -0.2) is 70.2 Å². The SMILES string of the molecule is O=C1CCCC(=O)C1C1c2ccccc2CCN1C(=O)CSC(=S)N1CCOCC1. The van der Waals surface area contributed by atoms with Crippen molar-refractivity contribution in [2.24, 2.45) is 5.92 Å². The summed E-state index contributed by atoms with van der Waals surface area (Å²) in [6.07, 6.45) is 2.16. The predicted molar refractivity (Wildman–Crippen MR) is 119 cm³/mol. The number of rotatable bonds is 3. The summed E-state index contributed by atoms with van der Waals surface area (Å²) in [7, 11) is 0. The number of fused-ring (bicyclic) bond motifs is 1. The van der Waals surface area contributed by atoms with Gasteiger partial charge < -0.3 is 14.5 Å². The number of benzene rings is 1. The van der Waals surface area contributed by atoms with E-state index in [4.69, 9.17) is 17.0 Å². The number of carbonyl (C=O) groups is 3. The second kappa shape index (κ2) is 9.58. The minimum absolute atomic E-state index is 0.0396. The van der Waals surface area contributed by atoms with Crippen LogP contribution >= 0.6 is 24.0 Å². The van der Waals surface area contributed by atoms with Gasteiger partial charge in [-0.1, -0.05) is 48.2 Å². The van der Waals surface area contributed by atoms with Crippen LogP contribution in [0.5, 0.6) is 0 Å². The van der Waals surface area contributed by atoms with Gasteiger partial charge in [-0.2, -0.15) is 0 Å². The molecule has 3 aliphatic rings. The molecule has 1 atom stereocenters. The van der Waals surface area contributed by atoms with Crippen LogP contribution < -0.4 is 0 Å². The third kappa shape index (κ3) is 4.45. The number of ketones is 2. The summed E-state index contributed by atoms with van der Waals surface area (Å²) in [5, 5.41) is 0. The Morgan fingerprint density at radius 3 is 2.50 bits per heavy atom. The molecule has 1 amide bonds. The van der Waals surface area contributed by atoms with Crippen molar-refractivity contribution >= 4 is 45.8 Å². The summed E-state index contributed by atoms with van der Waals surface area (Å²) in [6.45, 7) is 3.29. The Morgan fingerprint density at radius 1 is 1.07 bits per heavy atom. The van der Waals surface area contributed by atoms with E-state index >= 15 is 0 Å². The molecule has 1 aromatic carbocycles. The van der Waals surface area contributed by atoms with Gasteiger partial charge in [0.2, 0.25) is 5.91 Å². The molecular weight excluding hydrogens is 420 g/mol. The Hall–Kier alpha value is -1.77. The number of ether oxygens (including phenoxy) is 1. The fourth-order valence-corrected chi connectivity index (χ4v) is 5.70. The van der Waals surface area contributed by atoms with E-state index in [9.17, 15) is 14.4 Å². The smallest absolute Gasteiger partial charge is 0.233 e. The van der Waals surface area contributed by atoms with Crippen molar-refractivity contribution in [3.05, 3.63) is 35.4 Å². The van der Waals surface area contributed by atoms with Crippen LogP contribution in [-0.2, 0) is 25.5 Å². The normalized spacial score (nSPS) is 22.7. The minimum atomic E-state index is -0.750. The molecule has 2 heterocycles. The molecule has 8 heteroatoms. The third-order valence-corrected chi connectivity index (χ3v) is 7.60. The zero-order valence-electron chi connectivity index (χ0n) is 16.9. The van der Waals surface area contributed by atoms with Gasteiger partial charge in [-0.05, 0) is 24.0 Å². The molecule has 30 heavy (non-hydrogen) atoms. The lowest BCUT2D eigenvalue weighted by Gasteiger charge is -2.41. The van der Waals surface area contributed by atoms with Gasteiger partial charge in [-0.3, -0.25) is 14.4 Å². The van der Waals surface area contributed by atoms with Crippen molar-refractivity contribution in [3.63, 3.8) is 0 Å². The number of Topliss-reactive ketones (excluding diaryl/α,β-unsaturated/α-hetero) is 2. The fraction of sp³-hybridized carbons (Fsp3) is 0.545. The van der Waals surface area contributed by atoms with E-state index in [1.807, 2.05) is 24.3 Å². The summed E-state index contributed by atoms with van der Waals surface area (Å²) in [4.78, 5) is 42.6. The van der Waals surface area contributed by atoms with Crippen LogP contribution in [0.3, 0.4) is 0 Å². The zero-order chi connectivity index (χ0) is 21.1. The highest BCUT2D eigenvalue weighted by Crippen LogP contribution is 2.39. The van der Waals surface area contributed by atoms with Crippen molar-refractivity contribution in [3.8, 4) is 0 Å². The second-order valence-electron chi connectivity index (χ2n) is 7.90. The lowest BCUT2D eigenvalue weighted by Crippen LogP contribution is -2.49. The van der Waals surface area contributed by atoms with Gasteiger partial charge in [0.05, 0.1) is 25.0 Å². The highest BCUT2D eigenvalue weighted by molar-refractivity contribution is 8.23. The first-order valence-electron chi connectivity index (χ1n) is 10.5. The van der Waals surface area contributed by atoms with E-state index in [1.165, 1.54) is 11.8 Å². The summed E-state index contributed by atoms with van der Waals surface area (Å²) < 4.78 is 6.06. The average Bonchev–Trinajstić information content (AvgIpc) is 2.77. The molecule has 0 spiro atoms. The minimum Gasteiger partial charge on any atom is -0.378 e. The first kappa shape index (κ1) is 21.5. The Morgan fingerprint density at radius 2 is 1.77 bits per heavy atom. The Kier molecular flexibility index (Phi) is 6.85. The zero-order valence-corrected chi connectivity index (χ0v) is 18.5. The van der Waals surface area contributed by atoms with Crippen LogP contribution in [0.15, 0.2) is 24.3 Å². The molecule has 0 radical (unpaired) electrons. The van der Waals surface area contributed by atoms with E-state index in [2.05, 4.69) is 4.90 Å². The second-order valence-corrected chi connectivity index (χ2v) is 9.51. The lowest BCUT2D eigenvalue weighted by atomic mass is 9.75. The van der Waals surface area contributed by atoms with Crippen molar-refractivity contribution < 1.29 is 19.1 Å². The van der Waals surface area contributed by atoms with Gasteiger partial charge in [-0.25, -0.2) is 0 Å². The van der Waals surface area contributed by atoms with Crippen molar-refractivity contribution in [2.75, 3.05) is 38.6 Å². The molecule has 1 saturated carbocycles. The average molecular weight is 447 g/mol. The van der Waals surface area contributed by atoms with Gasteiger partial charge in [0.15, 0.2) is 0 Å². The van der Waals surface area contributed by atoms with Crippen molar-refractivity contribution in [2.45, 2.75) is 31.7 Å². The van der Waals surface area contributed by atoms with Crippen LogP contribution in [0.1, 0.15) is 36.4 Å². The van der Waals surface area contributed by atoms with Crippen LogP contribution in [0.25, 0.3) is 0 Å². The molecule has 160 valence electrons. The van der Waals surface area contributed by atoms with Gasteiger partial charge in [-0.15, -0.1) is 0 Å². The van der Waals surface area contributed by atoms with E-state index in [1.54, 1.807) is 4.90 Å². The maximum Gasteiger partial charge on any atom is 0.233 e. The van der Waals surface area contributed by atoms with E-state index in [0.29, 0.717) is 43.3 Å². The van der Waals surface area contributed by atoms with Crippen LogP contribution in [0.2, 0.25) is 0 Å². The summed E-state index contributed by atoms with van der Waals surface area (Å²) in [5.41, 5.74) is 2.06. The molecule has 0 bridgehead atoms. The van der Waals surface area contributed by atoms with Crippen LogP contribution in [0, 0.1) is 5.92 Å². The number of carbonyl (C=O) groups excluding carboxylic acids is 3. The molecule has 1 aliphatic carbocycles. The number of morpholine rings is 1. The predicted octanol–water partition coefficient (Wildman–Crippen LogP) is 2.40. The number of nitrogens with zero attached hydrogens (tertiary/aromatic N) is 2. The van der Waals surface area contributed by atoms with Gasteiger partial charge in [0, 0.05) is 32.5 Å². The third-order valence-electron chi connectivity index (χ3n) is 6.10. The maximum atomic E-state index is 13.2. The Bertz CT molecular complexity index is 837. The summed E-state index contributed by atoms with van der Waals surface area (Å²) in [5.74, 6) is -0.685. The van der Waals surface area contributed by atoms with Gasteiger partial charge in [0.1, 0.15) is 21.8 Å². The lowest BCUT2D eigenvalue weighted by molar-refractivity contribution is -0.142. The molecule has 1 saturated heterocycles. The molecule has 4 rings (SSSR count). The fourth-order valence-electron chi connectivity index (χ4n) is 4.56. The molecule has 6 nitrogen and oxygen atoms in total. The molecule has 2 aliphatic heterocycles. The van der Waals surface area contributed by atoms with Gasteiger partial charge >= 0.3 is 0 Å². The monoisotopic (exact) mass is 446 g/mol. The highest BCUT2D eigenvalue weighted by atomic mass is 32.2. The Labute approximate surface area is 186 Å². The quantitative estimate of drug-likeness (QED) is 0.522. The van der Waals surface area contributed by atoms with Crippen LogP contribution in [0.4, 0.5) is 0 Å². The van der Waals surface area contributed by atoms with Gasteiger partial charge in [0.25, 0.3) is 0 Å². The van der Waals surface area contributed by atoms with E-state index in [0.717, 1.165) is 30.6 Å². The van der Waals surface area contributed by atoms with E-state index in [-0.39, 0.29) is 23.2 Å². The topological polar surface area (TPSA) is 66.9 Å². The summed E-state index contributed by atoms with van der Waals surface area (Å²) in [6, 6.07) is 7.37. The first-order valence-corrected chi connectivity index (χ1v) is 11.9. The number of thiocarbonyl (C=S) groups is 1. The molecule has 0 N–H and O–H groups in total. The number of amides is 1. The first-order chi connectivity index (χ1) is 14.6. The number of hydrogen-bond acceptors (Lipinski definition) is 6. The molecule has 0 aromatic heterocycles. The Balaban J connectivity index is 1.53. The molecule has 1 unspecified atom stereocenters. The van der Waals surface area contributed by atoms with Crippen molar-refractivity contribution in [1.82, 2.24) is 9.80 Å². The summed E-state index contributed by atoms with van der Waals surface area (Å²) >= 11 is 6.86. The molecular formula is C22H26N2O4S2. The largest absolute Gasteiger partial charge is 0.378 e. The standard InChI is InChI=1S/C22H26N2O4S2/c25-17-6-3-7-18(26)20(17)21-16-5-2-1-4-15(16)8-9-24(21)19(27)14-30-22(29)23-10-12-28-13-11-23/h1-2,4-5,20-21H,3,6-14H2. The maximum absolute atomic E-state index is 13.2.